The molecule has 0 N–H and O–H groups in total. The molecule has 1 aromatic carbocycles. The second kappa shape index (κ2) is 7.42. The van der Waals surface area contributed by atoms with Gasteiger partial charge in [0.1, 0.15) is 0 Å². The third-order valence-corrected chi connectivity index (χ3v) is 4.97. The van der Waals surface area contributed by atoms with Crippen molar-refractivity contribution in [2.75, 3.05) is 13.2 Å². The van der Waals surface area contributed by atoms with Crippen LogP contribution >= 0.6 is 11.3 Å². The fourth-order valence-electron chi connectivity index (χ4n) is 2.88. The van der Waals surface area contributed by atoms with Gasteiger partial charge in [-0.3, -0.25) is 9.59 Å². The fraction of sp³-hybridized carbons (Fsp3) is 0.333. The fourth-order valence-corrected chi connectivity index (χ4v) is 3.75. The minimum Gasteiger partial charge on any atom is -0.455 e. The third kappa shape index (κ3) is 3.99. The number of hydrogen-bond acceptors (Lipinski definition) is 4. The van der Waals surface area contributed by atoms with E-state index in [1.165, 1.54) is 4.88 Å². The second-order valence-electron chi connectivity index (χ2n) is 5.58. The van der Waals surface area contributed by atoms with Gasteiger partial charge in [-0.05, 0) is 29.9 Å². The zero-order chi connectivity index (χ0) is 16.1. The minimum atomic E-state index is -0.364. The lowest BCUT2D eigenvalue weighted by Crippen LogP contribution is -2.34. The van der Waals surface area contributed by atoms with Gasteiger partial charge in [0, 0.05) is 11.4 Å². The van der Waals surface area contributed by atoms with E-state index in [1.807, 2.05) is 46.7 Å². The van der Waals surface area contributed by atoms with E-state index in [9.17, 15) is 9.59 Å². The first-order chi connectivity index (χ1) is 11.2. The normalized spacial score (nSPS) is 17.2. The molecule has 0 saturated carbocycles. The molecule has 1 aromatic heterocycles. The van der Waals surface area contributed by atoms with Gasteiger partial charge in [-0.2, -0.15) is 0 Å². The summed E-state index contributed by atoms with van der Waals surface area (Å²) in [6, 6.07) is 13.6. The zero-order valence-corrected chi connectivity index (χ0v) is 13.6. The van der Waals surface area contributed by atoms with E-state index in [0.717, 1.165) is 24.9 Å². The number of hydrogen-bond donors (Lipinski definition) is 0. The van der Waals surface area contributed by atoms with Crippen molar-refractivity contribution in [2.24, 2.45) is 0 Å². The Hall–Kier alpha value is -2.14. The van der Waals surface area contributed by atoms with Crippen molar-refractivity contribution in [1.82, 2.24) is 4.90 Å². The number of nitrogens with zero attached hydrogens (tertiary/aromatic N) is 1. The van der Waals surface area contributed by atoms with Crippen LogP contribution in [0.2, 0.25) is 0 Å². The number of benzene rings is 1. The maximum atomic E-state index is 12.4. The first-order valence-electron chi connectivity index (χ1n) is 7.76. The molecule has 5 heteroatoms. The van der Waals surface area contributed by atoms with Gasteiger partial charge in [-0.25, -0.2) is 0 Å². The van der Waals surface area contributed by atoms with Gasteiger partial charge in [0.2, 0.25) is 0 Å². The lowest BCUT2D eigenvalue weighted by molar-refractivity contribution is -0.151. The van der Waals surface area contributed by atoms with Crippen LogP contribution in [0.5, 0.6) is 0 Å². The molecule has 0 radical (unpaired) electrons. The van der Waals surface area contributed by atoms with E-state index in [2.05, 4.69) is 6.07 Å². The van der Waals surface area contributed by atoms with E-state index < -0.39 is 0 Å². The number of ether oxygens (including phenoxy) is 1. The monoisotopic (exact) mass is 329 g/mol. The summed E-state index contributed by atoms with van der Waals surface area (Å²) < 4.78 is 5.16. The van der Waals surface area contributed by atoms with Gasteiger partial charge in [0.25, 0.3) is 5.91 Å². The molecule has 1 aliphatic rings. The van der Waals surface area contributed by atoms with E-state index in [0.29, 0.717) is 0 Å². The molecule has 1 unspecified atom stereocenters. The summed E-state index contributed by atoms with van der Waals surface area (Å²) in [4.78, 5) is 27.2. The summed E-state index contributed by atoms with van der Waals surface area (Å²) in [5, 5.41) is 2.02. The molecule has 1 amide bonds. The van der Waals surface area contributed by atoms with E-state index in [4.69, 9.17) is 4.74 Å². The molecule has 0 bridgehead atoms. The van der Waals surface area contributed by atoms with Crippen LogP contribution in [0.25, 0.3) is 0 Å². The molecule has 3 rings (SSSR count). The molecule has 0 spiro atoms. The summed E-state index contributed by atoms with van der Waals surface area (Å²) in [5.41, 5.74) is 0.891. The Labute approximate surface area is 139 Å². The van der Waals surface area contributed by atoms with Crippen LogP contribution in [-0.4, -0.2) is 29.9 Å². The number of carbonyl (C=O) groups is 2. The van der Waals surface area contributed by atoms with Crippen molar-refractivity contribution in [3.8, 4) is 0 Å². The second-order valence-corrected chi connectivity index (χ2v) is 6.56. The van der Waals surface area contributed by atoms with Crippen LogP contribution in [0.15, 0.2) is 47.8 Å². The molecule has 1 atom stereocenters. The number of esters is 1. The zero-order valence-electron chi connectivity index (χ0n) is 12.8. The maximum Gasteiger partial charge on any atom is 0.310 e. The highest BCUT2D eigenvalue weighted by atomic mass is 32.1. The van der Waals surface area contributed by atoms with Gasteiger partial charge in [-0.1, -0.05) is 36.4 Å². The van der Waals surface area contributed by atoms with Gasteiger partial charge < -0.3 is 9.64 Å². The first-order valence-corrected chi connectivity index (χ1v) is 8.64. The highest BCUT2D eigenvalue weighted by Gasteiger charge is 2.30. The van der Waals surface area contributed by atoms with Crippen LogP contribution in [0.3, 0.4) is 0 Å². The standard InChI is InChI=1S/C18H19NO3S/c20-17(13-22-18(21)12-14-6-2-1-3-7-14)19-10-4-8-15(19)16-9-5-11-23-16/h1-3,5-7,9,11,15H,4,8,10,12-13H2. The van der Waals surface area contributed by atoms with Crippen LogP contribution in [0, 0.1) is 0 Å². The number of carbonyl (C=O) groups excluding carboxylic acids is 2. The van der Waals surface area contributed by atoms with Crippen molar-refractivity contribution >= 4 is 23.2 Å². The Kier molecular flexibility index (Phi) is 5.08. The Bertz CT molecular complexity index is 654. The van der Waals surface area contributed by atoms with E-state index in [-0.39, 0.29) is 30.9 Å². The molecule has 1 aliphatic heterocycles. The molecule has 23 heavy (non-hydrogen) atoms. The molecule has 0 aliphatic carbocycles. The molecule has 2 aromatic rings. The van der Waals surface area contributed by atoms with E-state index >= 15 is 0 Å². The SMILES string of the molecule is O=C(Cc1ccccc1)OCC(=O)N1CCCC1c1cccs1. The van der Waals surface area contributed by atoms with Crippen molar-refractivity contribution in [1.29, 1.82) is 0 Å². The Balaban J connectivity index is 1.52. The third-order valence-electron chi connectivity index (χ3n) is 3.99. The van der Waals surface area contributed by atoms with Crippen LogP contribution in [-0.2, 0) is 20.7 Å². The largest absolute Gasteiger partial charge is 0.455 e. The summed E-state index contributed by atoms with van der Waals surface area (Å²) in [6.45, 7) is 0.561. The molecular weight excluding hydrogens is 310 g/mol. The molecule has 1 saturated heterocycles. The average Bonchev–Trinajstić information content (AvgIpc) is 3.24. The summed E-state index contributed by atoms with van der Waals surface area (Å²) in [5.74, 6) is -0.473. The number of amides is 1. The molecule has 1 fully saturated rings. The highest BCUT2D eigenvalue weighted by Crippen LogP contribution is 2.34. The topological polar surface area (TPSA) is 46.6 Å². The minimum absolute atomic E-state index is 0.109. The van der Waals surface area contributed by atoms with Gasteiger partial charge in [0.05, 0.1) is 12.5 Å². The Morgan fingerprint density at radius 3 is 2.74 bits per heavy atom. The highest BCUT2D eigenvalue weighted by molar-refractivity contribution is 7.10. The van der Waals surface area contributed by atoms with Crippen LogP contribution in [0.1, 0.15) is 29.3 Å². The van der Waals surface area contributed by atoms with Crippen molar-refractivity contribution in [3.63, 3.8) is 0 Å². The maximum absolute atomic E-state index is 12.4. The van der Waals surface area contributed by atoms with Crippen molar-refractivity contribution in [3.05, 3.63) is 58.3 Å². The predicted octanol–water partition coefficient (Wildman–Crippen LogP) is 3.20. The number of likely N-dealkylation sites (tertiary alicyclic amines) is 1. The van der Waals surface area contributed by atoms with E-state index in [1.54, 1.807) is 11.3 Å². The smallest absolute Gasteiger partial charge is 0.310 e. The van der Waals surface area contributed by atoms with Gasteiger partial charge >= 0.3 is 5.97 Å². The number of thiophene rings is 1. The molecule has 4 nitrogen and oxygen atoms in total. The summed E-state index contributed by atoms with van der Waals surface area (Å²) in [6.07, 6.45) is 2.17. The summed E-state index contributed by atoms with van der Waals surface area (Å²) in [7, 11) is 0. The quantitative estimate of drug-likeness (QED) is 0.792. The molecular formula is C18H19NO3S. The first kappa shape index (κ1) is 15.7. The summed E-state index contributed by atoms with van der Waals surface area (Å²) >= 11 is 1.67. The number of rotatable bonds is 5. The van der Waals surface area contributed by atoms with Gasteiger partial charge in [-0.15, -0.1) is 11.3 Å². The van der Waals surface area contributed by atoms with Crippen molar-refractivity contribution in [2.45, 2.75) is 25.3 Å². The Morgan fingerprint density at radius 1 is 1.17 bits per heavy atom. The average molecular weight is 329 g/mol. The molecule has 120 valence electrons. The lowest BCUT2D eigenvalue weighted by Gasteiger charge is -2.23. The van der Waals surface area contributed by atoms with Gasteiger partial charge in [0.15, 0.2) is 6.61 Å². The Morgan fingerprint density at radius 2 is 2.00 bits per heavy atom. The predicted molar refractivity (Wildman–Crippen MR) is 89.1 cm³/mol. The van der Waals surface area contributed by atoms with Crippen molar-refractivity contribution < 1.29 is 14.3 Å². The molecule has 2 heterocycles. The van der Waals surface area contributed by atoms with Crippen LogP contribution < -0.4 is 0 Å². The van der Waals surface area contributed by atoms with Crippen LogP contribution in [0.4, 0.5) is 0 Å². The lowest BCUT2D eigenvalue weighted by atomic mass is 10.2.